The molecule has 0 unspecified atom stereocenters. The van der Waals surface area contributed by atoms with Crippen molar-refractivity contribution in [1.29, 1.82) is 0 Å². The molecule has 2 nitrogen and oxygen atoms in total. The molecule has 0 heterocycles. The van der Waals surface area contributed by atoms with E-state index in [9.17, 15) is 0 Å². The average molecular weight is 112 g/mol. The Morgan fingerprint density at radius 3 is 2.88 bits per heavy atom. The molecule has 0 aliphatic rings. The lowest BCUT2D eigenvalue weighted by atomic mass is 10.4. The van der Waals surface area contributed by atoms with E-state index in [1.807, 2.05) is 6.92 Å². The van der Waals surface area contributed by atoms with E-state index in [-0.39, 0.29) is 0 Å². The molecule has 0 radical (unpaired) electrons. The van der Waals surface area contributed by atoms with Crippen LogP contribution in [0.5, 0.6) is 0 Å². The van der Waals surface area contributed by atoms with Crippen LogP contribution in [0.25, 0.3) is 0 Å². The molecular weight excluding hydrogens is 100 g/mol. The highest BCUT2D eigenvalue weighted by molar-refractivity contribution is 5.59. The van der Waals surface area contributed by atoms with E-state index in [0.717, 1.165) is 5.57 Å². The molecule has 0 aromatic carbocycles. The maximum atomic E-state index is 5.14. The summed E-state index contributed by atoms with van der Waals surface area (Å²) in [6.07, 6.45) is 1.69. The highest BCUT2D eigenvalue weighted by Gasteiger charge is 1.75. The lowest BCUT2D eigenvalue weighted by molar-refractivity contribution is 1.14. The van der Waals surface area contributed by atoms with E-state index in [4.69, 9.17) is 5.73 Å². The largest absolute Gasteiger partial charge is 0.326 e. The Hall–Kier alpha value is -0.630. The van der Waals surface area contributed by atoms with Gasteiger partial charge in [-0.05, 0) is 6.92 Å². The van der Waals surface area contributed by atoms with Crippen molar-refractivity contribution in [2.45, 2.75) is 6.92 Å². The molecule has 0 bridgehead atoms. The summed E-state index contributed by atoms with van der Waals surface area (Å²) in [5, 5.41) is 0. The molecule has 0 rings (SSSR count). The van der Waals surface area contributed by atoms with Gasteiger partial charge in [-0.2, -0.15) is 0 Å². The van der Waals surface area contributed by atoms with Crippen LogP contribution in [0.15, 0.2) is 17.1 Å². The minimum atomic E-state index is 0.521. The number of hydrogen-bond donors (Lipinski definition) is 1. The summed E-state index contributed by atoms with van der Waals surface area (Å²) >= 11 is 0. The first kappa shape index (κ1) is 7.37. The summed E-state index contributed by atoms with van der Waals surface area (Å²) in [4.78, 5) is 3.94. The van der Waals surface area contributed by atoms with Gasteiger partial charge in [0.15, 0.2) is 0 Å². The van der Waals surface area contributed by atoms with Gasteiger partial charge in [0, 0.05) is 12.8 Å². The van der Waals surface area contributed by atoms with E-state index in [1.54, 1.807) is 6.21 Å². The van der Waals surface area contributed by atoms with Crippen LogP contribution >= 0.6 is 0 Å². The second-order valence-corrected chi connectivity index (χ2v) is 1.72. The normalized spacial score (nSPS) is 10.2. The topological polar surface area (TPSA) is 38.4 Å². The monoisotopic (exact) mass is 112 g/mol. The Balaban J connectivity index is 3.16. The molecule has 8 heavy (non-hydrogen) atoms. The first-order valence-electron chi connectivity index (χ1n) is 2.60. The van der Waals surface area contributed by atoms with Crippen LogP contribution in [0, 0.1) is 0 Å². The van der Waals surface area contributed by atoms with Crippen LogP contribution in [0.3, 0.4) is 0 Å². The smallest absolute Gasteiger partial charge is 0.0591 e. The second-order valence-electron chi connectivity index (χ2n) is 1.72. The Labute approximate surface area is 50.1 Å². The highest BCUT2D eigenvalue weighted by Crippen LogP contribution is 1.83. The van der Waals surface area contributed by atoms with Gasteiger partial charge in [-0.3, -0.25) is 4.99 Å². The lowest BCUT2D eigenvalue weighted by Gasteiger charge is -1.87. The fourth-order valence-corrected chi connectivity index (χ4v) is 0.295. The molecule has 0 saturated heterocycles. The van der Waals surface area contributed by atoms with E-state index in [0.29, 0.717) is 13.1 Å². The number of rotatable bonds is 3. The molecule has 0 saturated carbocycles. The third-order valence-corrected chi connectivity index (χ3v) is 0.596. The Bertz CT molecular complexity index is 94.7. The van der Waals surface area contributed by atoms with Gasteiger partial charge in [-0.25, -0.2) is 0 Å². The quantitative estimate of drug-likeness (QED) is 0.421. The van der Waals surface area contributed by atoms with Gasteiger partial charge >= 0.3 is 0 Å². The lowest BCUT2D eigenvalue weighted by Crippen LogP contribution is -1.99. The standard InChI is InChI=1S/C6H12N2/c1-6(2)5-8-4-3-7/h4H,1,3,5,7H2,2H3/b8-4-. The summed E-state index contributed by atoms with van der Waals surface area (Å²) in [6, 6.07) is 0. The third-order valence-electron chi connectivity index (χ3n) is 0.596. The third kappa shape index (κ3) is 5.37. The molecule has 2 heteroatoms. The molecule has 0 spiro atoms. The summed E-state index contributed by atoms with van der Waals surface area (Å²) in [5.74, 6) is 0. The molecule has 0 aliphatic heterocycles. The zero-order chi connectivity index (χ0) is 6.41. The molecule has 0 atom stereocenters. The van der Waals surface area contributed by atoms with Crippen LogP contribution in [-0.2, 0) is 0 Å². The molecule has 46 valence electrons. The van der Waals surface area contributed by atoms with Gasteiger partial charge in [0.2, 0.25) is 0 Å². The first-order chi connectivity index (χ1) is 3.77. The fraction of sp³-hybridized carbons (Fsp3) is 0.500. The van der Waals surface area contributed by atoms with Crippen molar-refractivity contribution >= 4 is 6.21 Å². The Morgan fingerprint density at radius 1 is 1.88 bits per heavy atom. The summed E-state index contributed by atoms with van der Waals surface area (Å²) in [6.45, 7) is 6.84. The second kappa shape index (κ2) is 4.53. The number of nitrogens with zero attached hydrogens (tertiary/aromatic N) is 1. The van der Waals surface area contributed by atoms with Crippen molar-refractivity contribution in [3.63, 3.8) is 0 Å². The maximum Gasteiger partial charge on any atom is 0.0591 e. The molecule has 0 aliphatic carbocycles. The predicted octanol–water partition coefficient (Wildman–Crippen LogP) is 0.592. The van der Waals surface area contributed by atoms with Gasteiger partial charge in [0.1, 0.15) is 0 Å². The van der Waals surface area contributed by atoms with Crippen molar-refractivity contribution < 1.29 is 0 Å². The molecule has 2 N–H and O–H groups in total. The van der Waals surface area contributed by atoms with Crippen molar-refractivity contribution in [3.8, 4) is 0 Å². The van der Waals surface area contributed by atoms with Gasteiger partial charge in [-0.15, -0.1) is 0 Å². The van der Waals surface area contributed by atoms with Crippen molar-refractivity contribution in [2.75, 3.05) is 13.1 Å². The fourth-order valence-electron chi connectivity index (χ4n) is 0.295. The van der Waals surface area contributed by atoms with Gasteiger partial charge in [0.05, 0.1) is 6.54 Å². The molecule has 0 aromatic rings. The van der Waals surface area contributed by atoms with E-state index in [1.165, 1.54) is 0 Å². The van der Waals surface area contributed by atoms with Gasteiger partial charge in [-0.1, -0.05) is 12.2 Å². The minimum Gasteiger partial charge on any atom is -0.326 e. The molecular formula is C6H12N2. The number of aliphatic imine (C=N–C) groups is 1. The van der Waals surface area contributed by atoms with Crippen molar-refractivity contribution in [2.24, 2.45) is 10.7 Å². The van der Waals surface area contributed by atoms with Crippen LogP contribution in [-0.4, -0.2) is 19.3 Å². The van der Waals surface area contributed by atoms with E-state index in [2.05, 4.69) is 11.6 Å². The van der Waals surface area contributed by atoms with Crippen molar-refractivity contribution in [3.05, 3.63) is 12.2 Å². The van der Waals surface area contributed by atoms with E-state index < -0.39 is 0 Å². The Morgan fingerprint density at radius 2 is 2.50 bits per heavy atom. The summed E-state index contributed by atoms with van der Waals surface area (Å²) in [5.41, 5.74) is 6.20. The summed E-state index contributed by atoms with van der Waals surface area (Å²) in [7, 11) is 0. The van der Waals surface area contributed by atoms with Gasteiger partial charge in [0.25, 0.3) is 0 Å². The van der Waals surface area contributed by atoms with Crippen LogP contribution in [0.1, 0.15) is 6.92 Å². The zero-order valence-corrected chi connectivity index (χ0v) is 5.22. The minimum absolute atomic E-state index is 0.521. The van der Waals surface area contributed by atoms with Crippen LogP contribution in [0.4, 0.5) is 0 Å². The first-order valence-corrected chi connectivity index (χ1v) is 2.60. The predicted molar refractivity (Wildman–Crippen MR) is 37.2 cm³/mol. The van der Waals surface area contributed by atoms with Crippen LogP contribution < -0.4 is 5.73 Å². The number of hydrogen-bond acceptors (Lipinski definition) is 2. The Kier molecular flexibility index (Phi) is 4.17. The molecule has 0 aromatic heterocycles. The average Bonchev–Trinajstić information content (AvgIpc) is 1.66. The molecule has 0 amide bonds. The van der Waals surface area contributed by atoms with E-state index >= 15 is 0 Å². The highest BCUT2D eigenvalue weighted by atomic mass is 14.7. The van der Waals surface area contributed by atoms with Crippen LogP contribution in [0.2, 0.25) is 0 Å². The van der Waals surface area contributed by atoms with Gasteiger partial charge < -0.3 is 5.73 Å². The number of nitrogens with two attached hydrogens (primary N) is 1. The maximum absolute atomic E-state index is 5.14. The SMILES string of the molecule is C=C(C)C/N=C\CN. The summed E-state index contributed by atoms with van der Waals surface area (Å²) < 4.78 is 0. The zero-order valence-electron chi connectivity index (χ0n) is 5.22. The van der Waals surface area contributed by atoms with Crippen molar-refractivity contribution in [1.82, 2.24) is 0 Å². The molecule has 0 fully saturated rings.